The molecule has 0 aliphatic heterocycles. The van der Waals surface area contributed by atoms with Gasteiger partial charge in [0.1, 0.15) is 11.3 Å². The SMILES string of the molecule is COC(=O)C1CCc2oc3ccccc3c2C1. The number of methoxy groups -OCH3 is 1. The van der Waals surface area contributed by atoms with Gasteiger partial charge in [-0.1, -0.05) is 18.2 Å². The van der Waals surface area contributed by atoms with Gasteiger partial charge in [-0.05, 0) is 18.9 Å². The highest BCUT2D eigenvalue weighted by molar-refractivity contribution is 5.84. The normalized spacial score (nSPS) is 19.0. The molecule has 0 N–H and O–H groups in total. The molecule has 88 valence electrons. The number of para-hydroxylation sites is 1. The van der Waals surface area contributed by atoms with E-state index in [9.17, 15) is 4.79 Å². The predicted molar refractivity (Wildman–Crippen MR) is 63.7 cm³/mol. The van der Waals surface area contributed by atoms with Crippen LogP contribution in [0.5, 0.6) is 0 Å². The molecule has 3 heteroatoms. The van der Waals surface area contributed by atoms with Gasteiger partial charge in [-0.2, -0.15) is 0 Å². The monoisotopic (exact) mass is 230 g/mol. The van der Waals surface area contributed by atoms with Crippen LogP contribution in [-0.4, -0.2) is 13.1 Å². The standard InChI is InChI=1S/C14H14O3/c1-16-14(15)9-6-7-13-11(8-9)10-4-2-3-5-12(10)17-13/h2-5,9H,6-8H2,1H3. The van der Waals surface area contributed by atoms with Crippen molar-refractivity contribution < 1.29 is 13.9 Å². The van der Waals surface area contributed by atoms with E-state index in [1.54, 1.807) is 0 Å². The highest BCUT2D eigenvalue weighted by Gasteiger charge is 2.28. The van der Waals surface area contributed by atoms with E-state index in [1.807, 2.05) is 18.2 Å². The molecule has 0 bridgehead atoms. The largest absolute Gasteiger partial charge is 0.469 e. The maximum atomic E-state index is 11.6. The third-order valence-electron chi connectivity index (χ3n) is 3.49. The summed E-state index contributed by atoms with van der Waals surface area (Å²) in [7, 11) is 1.45. The van der Waals surface area contributed by atoms with Crippen LogP contribution in [0.1, 0.15) is 17.7 Å². The first-order valence-corrected chi connectivity index (χ1v) is 5.86. The summed E-state index contributed by atoms with van der Waals surface area (Å²) in [5, 5.41) is 1.14. The van der Waals surface area contributed by atoms with Gasteiger partial charge in [0.15, 0.2) is 0 Å². The number of hydrogen-bond donors (Lipinski definition) is 0. The number of aryl methyl sites for hydroxylation is 1. The lowest BCUT2D eigenvalue weighted by molar-refractivity contribution is -0.145. The van der Waals surface area contributed by atoms with Gasteiger partial charge in [0.25, 0.3) is 0 Å². The van der Waals surface area contributed by atoms with Gasteiger partial charge in [-0.15, -0.1) is 0 Å². The Hall–Kier alpha value is -1.77. The molecule has 1 aromatic carbocycles. The van der Waals surface area contributed by atoms with Crippen molar-refractivity contribution in [2.75, 3.05) is 7.11 Å². The van der Waals surface area contributed by atoms with Gasteiger partial charge in [-0.3, -0.25) is 4.79 Å². The average molecular weight is 230 g/mol. The molecule has 1 unspecified atom stereocenters. The zero-order chi connectivity index (χ0) is 11.8. The van der Waals surface area contributed by atoms with Gasteiger partial charge >= 0.3 is 5.97 Å². The quantitative estimate of drug-likeness (QED) is 0.707. The van der Waals surface area contributed by atoms with E-state index in [2.05, 4.69) is 6.07 Å². The highest BCUT2D eigenvalue weighted by atomic mass is 16.5. The minimum atomic E-state index is -0.110. The summed E-state index contributed by atoms with van der Waals surface area (Å²) in [5.41, 5.74) is 2.10. The molecule has 0 saturated carbocycles. The van der Waals surface area contributed by atoms with E-state index >= 15 is 0 Å². The van der Waals surface area contributed by atoms with Crippen molar-refractivity contribution in [1.29, 1.82) is 0 Å². The number of rotatable bonds is 1. The zero-order valence-electron chi connectivity index (χ0n) is 9.73. The second-order valence-electron chi connectivity index (χ2n) is 4.46. The number of fused-ring (bicyclic) bond motifs is 3. The Morgan fingerprint density at radius 3 is 3.06 bits per heavy atom. The molecule has 1 aromatic heterocycles. The summed E-state index contributed by atoms with van der Waals surface area (Å²) >= 11 is 0. The molecule has 17 heavy (non-hydrogen) atoms. The first-order valence-electron chi connectivity index (χ1n) is 5.86. The zero-order valence-corrected chi connectivity index (χ0v) is 9.73. The van der Waals surface area contributed by atoms with Crippen LogP contribution in [0.15, 0.2) is 28.7 Å². The summed E-state index contributed by atoms with van der Waals surface area (Å²) in [5.74, 6) is 0.904. The molecule has 3 rings (SSSR count). The number of furan rings is 1. The van der Waals surface area contributed by atoms with Crippen LogP contribution in [0.2, 0.25) is 0 Å². The van der Waals surface area contributed by atoms with Crippen molar-refractivity contribution in [3.05, 3.63) is 35.6 Å². The molecule has 3 nitrogen and oxygen atoms in total. The van der Waals surface area contributed by atoms with Gasteiger partial charge in [-0.25, -0.2) is 0 Å². The third kappa shape index (κ3) is 1.62. The number of carbonyl (C=O) groups is 1. The molecule has 0 saturated heterocycles. The lowest BCUT2D eigenvalue weighted by Gasteiger charge is -2.18. The Morgan fingerprint density at radius 2 is 2.24 bits per heavy atom. The van der Waals surface area contributed by atoms with E-state index < -0.39 is 0 Å². The topological polar surface area (TPSA) is 39.4 Å². The fourth-order valence-electron chi connectivity index (χ4n) is 2.60. The number of hydrogen-bond acceptors (Lipinski definition) is 3. The van der Waals surface area contributed by atoms with Crippen molar-refractivity contribution >= 4 is 16.9 Å². The summed E-state index contributed by atoms with van der Waals surface area (Å²) in [6, 6.07) is 7.99. The third-order valence-corrected chi connectivity index (χ3v) is 3.49. The summed E-state index contributed by atoms with van der Waals surface area (Å²) in [6.07, 6.45) is 2.38. The molecule has 0 amide bonds. The Labute approximate surface area is 99.4 Å². The molecule has 1 heterocycles. The summed E-state index contributed by atoms with van der Waals surface area (Å²) in [4.78, 5) is 11.6. The van der Waals surface area contributed by atoms with Crippen LogP contribution in [0.3, 0.4) is 0 Å². The lowest BCUT2D eigenvalue weighted by Crippen LogP contribution is -2.23. The minimum Gasteiger partial charge on any atom is -0.469 e. The van der Waals surface area contributed by atoms with Crippen LogP contribution in [-0.2, 0) is 22.4 Å². The first kappa shape index (κ1) is 10.4. The number of benzene rings is 1. The predicted octanol–water partition coefficient (Wildman–Crippen LogP) is 2.71. The Balaban J connectivity index is 2.03. The maximum absolute atomic E-state index is 11.6. The van der Waals surface area contributed by atoms with Gasteiger partial charge in [0.2, 0.25) is 0 Å². The van der Waals surface area contributed by atoms with E-state index in [0.29, 0.717) is 0 Å². The van der Waals surface area contributed by atoms with Gasteiger partial charge in [0.05, 0.1) is 13.0 Å². The van der Waals surface area contributed by atoms with Crippen molar-refractivity contribution in [3.63, 3.8) is 0 Å². The van der Waals surface area contributed by atoms with Crippen molar-refractivity contribution in [2.24, 2.45) is 5.92 Å². The van der Waals surface area contributed by atoms with Gasteiger partial charge in [0, 0.05) is 17.4 Å². The van der Waals surface area contributed by atoms with Gasteiger partial charge < -0.3 is 9.15 Å². The van der Waals surface area contributed by atoms with Crippen LogP contribution in [0.4, 0.5) is 0 Å². The molecule has 1 atom stereocenters. The maximum Gasteiger partial charge on any atom is 0.309 e. The van der Waals surface area contributed by atoms with E-state index in [0.717, 1.165) is 36.0 Å². The molecular weight excluding hydrogens is 216 g/mol. The Kier molecular flexibility index (Phi) is 2.39. The highest BCUT2D eigenvalue weighted by Crippen LogP contribution is 2.34. The molecule has 0 fully saturated rings. The smallest absolute Gasteiger partial charge is 0.309 e. The second-order valence-corrected chi connectivity index (χ2v) is 4.46. The molecule has 0 spiro atoms. The number of carbonyl (C=O) groups excluding carboxylic acids is 1. The molecule has 0 radical (unpaired) electrons. The summed E-state index contributed by atoms with van der Waals surface area (Å²) < 4.78 is 10.6. The van der Waals surface area contributed by atoms with Crippen LogP contribution in [0.25, 0.3) is 11.0 Å². The van der Waals surface area contributed by atoms with Crippen molar-refractivity contribution in [3.8, 4) is 0 Å². The fraction of sp³-hybridized carbons (Fsp3) is 0.357. The van der Waals surface area contributed by atoms with Crippen LogP contribution < -0.4 is 0 Å². The fourth-order valence-corrected chi connectivity index (χ4v) is 2.60. The second kappa shape index (κ2) is 3.91. The molecule has 1 aliphatic carbocycles. The lowest BCUT2D eigenvalue weighted by atomic mass is 9.87. The molecular formula is C14H14O3. The number of esters is 1. The van der Waals surface area contributed by atoms with E-state index in [4.69, 9.17) is 9.15 Å². The van der Waals surface area contributed by atoms with E-state index in [1.165, 1.54) is 12.7 Å². The Morgan fingerprint density at radius 1 is 1.41 bits per heavy atom. The Bertz CT molecular complexity index is 568. The van der Waals surface area contributed by atoms with Crippen LogP contribution in [0, 0.1) is 5.92 Å². The first-order chi connectivity index (χ1) is 8.29. The van der Waals surface area contributed by atoms with E-state index in [-0.39, 0.29) is 11.9 Å². The van der Waals surface area contributed by atoms with Crippen molar-refractivity contribution in [1.82, 2.24) is 0 Å². The van der Waals surface area contributed by atoms with Crippen molar-refractivity contribution in [2.45, 2.75) is 19.3 Å². The molecule has 1 aliphatic rings. The minimum absolute atomic E-state index is 0.0199. The number of ether oxygens (including phenoxy) is 1. The molecule has 2 aromatic rings. The average Bonchev–Trinajstić information content (AvgIpc) is 2.75. The summed E-state index contributed by atoms with van der Waals surface area (Å²) in [6.45, 7) is 0. The van der Waals surface area contributed by atoms with Crippen LogP contribution >= 0.6 is 0 Å².